The van der Waals surface area contributed by atoms with E-state index in [1.54, 1.807) is 6.07 Å². The summed E-state index contributed by atoms with van der Waals surface area (Å²) in [6.07, 6.45) is 0.0707. The number of ether oxygens (including phenoxy) is 1. The van der Waals surface area contributed by atoms with Crippen LogP contribution in [0.3, 0.4) is 0 Å². The highest BCUT2D eigenvalue weighted by Crippen LogP contribution is 2.34. The molecule has 0 spiro atoms. The van der Waals surface area contributed by atoms with Crippen molar-refractivity contribution in [3.63, 3.8) is 0 Å². The van der Waals surface area contributed by atoms with E-state index in [2.05, 4.69) is 0 Å². The lowest BCUT2D eigenvalue weighted by molar-refractivity contribution is 0.192. The number of halogens is 1. The number of hydrogen-bond donors (Lipinski definition) is 1. The van der Waals surface area contributed by atoms with Gasteiger partial charge in [-0.1, -0.05) is 29.8 Å². The Bertz CT molecular complexity index is 822. The fourth-order valence-electron chi connectivity index (χ4n) is 2.72. The second kappa shape index (κ2) is 4.79. The summed E-state index contributed by atoms with van der Waals surface area (Å²) in [7, 11) is 0. The van der Waals surface area contributed by atoms with Crippen LogP contribution in [0.5, 0.6) is 5.75 Å². The van der Waals surface area contributed by atoms with Gasteiger partial charge >= 0.3 is 0 Å². The van der Waals surface area contributed by atoms with Gasteiger partial charge in [0.1, 0.15) is 17.6 Å². The molecule has 0 fully saturated rings. The Labute approximate surface area is 126 Å². The molecule has 1 aliphatic heterocycles. The summed E-state index contributed by atoms with van der Waals surface area (Å²) in [4.78, 5) is 0. The summed E-state index contributed by atoms with van der Waals surface area (Å²) in [5, 5.41) is 12.0. The third kappa shape index (κ3) is 2.09. The summed E-state index contributed by atoms with van der Waals surface area (Å²) < 4.78 is 11.2. The monoisotopic (exact) mass is 300 g/mol. The number of hydrogen-bond acceptors (Lipinski definition) is 3. The molecule has 4 rings (SSSR count). The van der Waals surface area contributed by atoms with Crippen molar-refractivity contribution in [3.05, 3.63) is 64.4 Å². The van der Waals surface area contributed by atoms with E-state index >= 15 is 0 Å². The third-order valence-corrected chi connectivity index (χ3v) is 4.11. The van der Waals surface area contributed by atoms with Crippen molar-refractivity contribution in [2.24, 2.45) is 0 Å². The van der Waals surface area contributed by atoms with Gasteiger partial charge in [0.25, 0.3) is 0 Å². The van der Waals surface area contributed by atoms with E-state index < -0.39 is 6.10 Å². The van der Waals surface area contributed by atoms with Gasteiger partial charge in [0.05, 0.1) is 11.6 Å². The molecular formula is C17H13ClO3. The molecule has 1 aromatic heterocycles. The molecule has 0 radical (unpaired) electrons. The summed E-state index contributed by atoms with van der Waals surface area (Å²) in [6, 6.07) is 13.1. The van der Waals surface area contributed by atoms with Crippen LogP contribution in [-0.4, -0.2) is 11.7 Å². The lowest BCUT2D eigenvalue weighted by Gasteiger charge is -2.09. The first kappa shape index (κ1) is 12.7. The van der Waals surface area contributed by atoms with Gasteiger partial charge in [-0.25, -0.2) is 0 Å². The molecule has 0 bridgehead atoms. The van der Waals surface area contributed by atoms with Crippen LogP contribution in [0.15, 0.2) is 46.9 Å². The molecule has 1 unspecified atom stereocenters. The number of aliphatic hydroxyl groups excluding tert-OH is 1. The van der Waals surface area contributed by atoms with Crippen LogP contribution in [0, 0.1) is 0 Å². The zero-order valence-corrected chi connectivity index (χ0v) is 11.9. The first-order valence-electron chi connectivity index (χ1n) is 6.84. The molecule has 1 aliphatic rings. The number of benzene rings is 2. The summed E-state index contributed by atoms with van der Waals surface area (Å²) in [6.45, 7) is 0.703. The van der Waals surface area contributed by atoms with E-state index in [0.717, 1.165) is 28.7 Å². The Kier molecular flexibility index (Phi) is 2.91. The van der Waals surface area contributed by atoms with Crippen molar-refractivity contribution in [3.8, 4) is 5.75 Å². The number of fused-ring (bicyclic) bond motifs is 2. The fraction of sp³-hybridized carbons (Fsp3) is 0.176. The van der Waals surface area contributed by atoms with Crippen molar-refractivity contribution in [2.45, 2.75) is 12.5 Å². The molecule has 0 amide bonds. The van der Waals surface area contributed by atoms with Crippen molar-refractivity contribution in [1.29, 1.82) is 0 Å². The zero-order chi connectivity index (χ0) is 14.4. The molecule has 0 aliphatic carbocycles. The molecule has 21 heavy (non-hydrogen) atoms. The maximum absolute atomic E-state index is 10.5. The van der Waals surface area contributed by atoms with Gasteiger partial charge in [-0.05, 0) is 35.4 Å². The van der Waals surface area contributed by atoms with E-state index in [0.29, 0.717) is 23.0 Å². The Morgan fingerprint density at radius 3 is 2.90 bits per heavy atom. The van der Waals surface area contributed by atoms with E-state index in [-0.39, 0.29) is 0 Å². The van der Waals surface area contributed by atoms with Gasteiger partial charge in [-0.2, -0.15) is 0 Å². The van der Waals surface area contributed by atoms with Crippen LogP contribution in [0.1, 0.15) is 23.0 Å². The van der Waals surface area contributed by atoms with E-state index in [4.69, 9.17) is 20.8 Å². The average molecular weight is 301 g/mol. The maximum atomic E-state index is 10.5. The first-order chi connectivity index (χ1) is 10.2. The summed E-state index contributed by atoms with van der Waals surface area (Å²) >= 11 is 6.11. The van der Waals surface area contributed by atoms with E-state index in [1.807, 2.05) is 36.4 Å². The highest BCUT2D eigenvalue weighted by atomic mass is 35.5. The van der Waals surface area contributed by atoms with Crippen molar-refractivity contribution < 1.29 is 14.3 Å². The minimum Gasteiger partial charge on any atom is -0.493 e. The Morgan fingerprint density at radius 1 is 1.14 bits per heavy atom. The van der Waals surface area contributed by atoms with Gasteiger partial charge in [-0.15, -0.1) is 0 Å². The molecule has 0 saturated carbocycles. The van der Waals surface area contributed by atoms with Gasteiger partial charge in [-0.3, -0.25) is 0 Å². The molecule has 106 valence electrons. The van der Waals surface area contributed by atoms with E-state index in [1.165, 1.54) is 0 Å². The quantitative estimate of drug-likeness (QED) is 0.774. The second-order valence-electron chi connectivity index (χ2n) is 5.18. The largest absolute Gasteiger partial charge is 0.493 e. The lowest BCUT2D eigenvalue weighted by Crippen LogP contribution is -1.98. The Hall–Kier alpha value is -1.97. The van der Waals surface area contributed by atoms with Crippen LogP contribution in [0.25, 0.3) is 11.0 Å². The molecule has 0 saturated heterocycles. The first-order valence-corrected chi connectivity index (χ1v) is 7.22. The predicted molar refractivity (Wildman–Crippen MR) is 80.9 cm³/mol. The highest BCUT2D eigenvalue weighted by molar-refractivity contribution is 6.34. The molecular weight excluding hydrogens is 288 g/mol. The number of para-hydroxylation sites is 1. The molecule has 3 aromatic rings. The summed E-state index contributed by atoms with van der Waals surface area (Å²) in [5.74, 6) is 1.40. The number of aliphatic hydroxyl groups is 1. The minimum absolute atomic E-state index is 0.497. The third-order valence-electron chi connectivity index (χ3n) is 3.81. The molecule has 1 N–H and O–H groups in total. The maximum Gasteiger partial charge on any atom is 0.153 e. The van der Waals surface area contributed by atoms with Gasteiger partial charge in [0, 0.05) is 11.8 Å². The molecule has 2 aromatic carbocycles. The molecule has 4 heteroatoms. The Balaban J connectivity index is 1.75. The van der Waals surface area contributed by atoms with Crippen LogP contribution < -0.4 is 4.74 Å². The van der Waals surface area contributed by atoms with Crippen LogP contribution in [-0.2, 0) is 6.42 Å². The SMILES string of the molecule is OC(c1ccc2c(c1)CCO2)c1cc2cccc(Cl)c2o1. The fourth-order valence-corrected chi connectivity index (χ4v) is 2.94. The van der Waals surface area contributed by atoms with Crippen LogP contribution >= 0.6 is 11.6 Å². The number of furan rings is 1. The van der Waals surface area contributed by atoms with Crippen LogP contribution in [0.2, 0.25) is 5.02 Å². The Morgan fingerprint density at radius 2 is 2.05 bits per heavy atom. The second-order valence-corrected chi connectivity index (χ2v) is 5.58. The van der Waals surface area contributed by atoms with Crippen LogP contribution in [0.4, 0.5) is 0 Å². The van der Waals surface area contributed by atoms with E-state index in [9.17, 15) is 5.11 Å². The standard InChI is InChI=1S/C17H13ClO3/c18-13-3-1-2-12-9-15(21-17(12)13)16(19)11-4-5-14-10(8-11)6-7-20-14/h1-5,8-9,16,19H,6-7H2. The summed E-state index contributed by atoms with van der Waals surface area (Å²) in [5.41, 5.74) is 2.54. The molecule has 1 atom stereocenters. The average Bonchev–Trinajstić information content (AvgIpc) is 3.12. The zero-order valence-electron chi connectivity index (χ0n) is 11.2. The van der Waals surface area contributed by atoms with Gasteiger partial charge in [0.15, 0.2) is 5.58 Å². The highest BCUT2D eigenvalue weighted by Gasteiger charge is 2.20. The van der Waals surface area contributed by atoms with Gasteiger partial charge in [0.2, 0.25) is 0 Å². The number of rotatable bonds is 2. The van der Waals surface area contributed by atoms with Crippen molar-refractivity contribution >= 4 is 22.6 Å². The molecule has 3 nitrogen and oxygen atoms in total. The molecule has 2 heterocycles. The van der Waals surface area contributed by atoms with Crippen molar-refractivity contribution in [1.82, 2.24) is 0 Å². The topological polar surface area (TPSA) is 42.6 Å². The minimum atomic E-state index is -0.806. The lowest BCUT2D eigenvalue weighted by atomic mass is 10.0. The predicted octanol–water partition coefficient (Wildman–Crippen LogP) is 4.10. The van der Waals surface area contributed by atoms with Gasteiger partial charge < -0.3 is 14.3 Å². The normalized spacial score (nSPS) is 15.0. The van der Waals surface area contributed by atoms with Crippen molar-refractivity contribution in [2.75, 3.05) is 6.61 Å². The smallest absolute Gasteiger partial charge is 0.153 e.